The van der Waals surface area contributed by atoms with E-state index in [1.54, 1.807) is 0 Å². The molecule has 1 unspecified atom stereocenters. The Labute approximate surface area is 48.5 Å². The molecule has 0 heterocycles. The van der Waals surface area contributed by atoms with Crippen molar-refractivity contribution in [2.45, 2.75) is 25.8 Å². The lowest BCUT2D eigenvalue weighted by Gasteiger charge is -1.98. The molecule has 0 aromatic carbocycles. The van der Waals surface area contributed by atoms with E-state index in [1.165, 1.54) is 0 Å². The van der Waals surface area contributed by atoms with Crippen molar-refractivity contribution in [1.82, 2.24) is 0 Å². The van der Waals surface area contributed by atoms with Crippen molar-refractivity contribution in [2.24, 2.45) is 5.73 Å². The summed E-state index contributed by atoms with van der Waals surface area (Å²) in [6, 6.07) is -0.778. The van der Waals surface area contributed by atoms with Crippen molar-refractivity contribution >= 4 is 5.97 Å². The molecule has 2 N–H and O–H groups in total. The molecule has 0 aliphatic heterocycles. The van der Waals surface area contributed by atoms with Crippen LogP contribution in [0.5, 0.6) is 0 Å². The van der Waals surface area contributed by atoms with Gasteiger partial charge >= 0.3 is 5.97 Å². The van der Waals surface area contributed by atoms with Crippen LogP contribution in [0.3, 0.4) is 0 Å². The van der Waals surface area contributed by atoms with Crippen molar-refractivity contribution in [2.75, 3.05) is 0 Å². The summed E-state index contributed by atoms with van der Waals surface area (Å²) in [6.07, 6.45) is 1.29. The summed E-state index contributed by atoms with van der Waals surface area (Å²) >= 11 is 0. The molecule has 3 nitrogen and oxygen atoms in total. The van der Waals surface area contributed by atoms with Crippen molar-refractivity contribution in [1.29, 1.82) is 0 Å². The number of rotatable bonds is 3. The van der Waals surface area contributed by atoms with Crippen molar-refractivity contribution in [3.63, 3.8) is 0 Å². The topological polar surface area (TPSA) is 63.0 Å². The maximum Gasteiger partial charge on any atom is 0.372 e. The second kappa shape index (κ2) is 3.43. The Bertz CT molecular complexity index is 82.5. The smallest absolute Gasteiger partial charge is 0.318 e. The molecule has 0 aromatic rings. The predicted octanol–water partition coefficient (Wildman–Crippen LogP) is 0.0709. The molecule has 0 aliphatic rings. The molecule has 0 fully saturated rings. The minimum atomic E-state index is -1.16. The Morgan fingerprint density at radius 2 is 2.25 bits per heavy atom. The fourth-order valence-electron chi connectivity index (χ4n) is 0.429. The van der Waals surface area contributed by atoms with Crippen LogP contribution in [0, 0.1) is 0 Å². The summed E-state index contributed by atoms with van der Waals surface area (Å²) in [4.78, 5) is 9.85. The highest BCUT2D eigenvalue weighted by Crippen LogP contribution is 1.91. The first-order chi connectivity index (χ1) is 3.68. The maximum atomic E-state index is 9.85. The first-order valence-electron chi connectivity index (χ1n) is 2.65. The molecule has 47 valence electrons. The third kappa shape index (κ3) is 2.58. The largest absolute Gasteiger partial charge is 0.372 e. The SMILES string of the molecule is CCCC(N)C([O])=O. The fourth-order valence-corrected chi connectivity index (χ4v) is 0.429. The highest BCUT2D eigenvalue weighted by Gasteiger charge is 2.10. The van der Waals surface area contributed by atoms with E-state index in [1.807, 2.05) is 6.92 Å². The summed E-state index contributed by atoms with van der Waals surface area (Å²) < 4.78 is 0. The first kappa shape index (κ1) is 7.43. The minimum absolute atomic E-state index is 0.502. The molecular weight excluding hydrogens is 106 g/mol. The van der Waals surface area contributed by atoms with Gasteiger partial charge in [-0.1, -0.05) is 13.3 Å². The van der Waals surface area contributed by atoms with E-state index in [-0.39, 0.29) is 0 Å². The van der Waals surface area contributed by atoms with E-state index in [0.29, 0.717) is 6.42 Å². The zero-order chi connectivity index (χ0) is 6.57. The molecule has 1 radical (unpaired) electrons. The van der Waals surface area contributed by atoms with Gasteiger partial charge in [0.15, 0.2) is 0 Å². The van der Waals surface area contributed by atoms with Crippen molar-refractivity contribution in [3.05, 3.63) is 0 Å². The van der Waals surface area contributed by atoms with E-state index in [9.17, 15) is 9.90 Å². The van der Waals surface area contributed by atoms with Gasteiger partial charge < -0.3 is 5.73 Å². The van der Waals surface area contributed by atoms with Crippen molar-refractivity contribution < 1.29 is 9.90 Å². The number of nitrogens with two attached hydrogens (primary N) is 1. The normalized spacial score (nSPS) is 13.2. The molecular formula is C5H10NO2. The monoisotopic (exact) mass is 116 g/mol. The van der Waals surface area contributed by atoms with Gasteiger partial charge in [0, 0.05) is 0 Å². The first-order valence-corrected chi connectivity index (χ1v) is 2.65. The van der Waals surface area contributed by atoms with Gasteiger partial charge in [-0.05, 0) is 6.42 Å². The average Bonchev–Trinajstić information content (AvgIpc) is 1.67. The average molecular weight is 116 g/mol. The Hall–Kier alpha value is -0.570. The van der Waals surface area contributed by atoms with E-state index in [2.05, 4.69) is 0 Å². The number of hydrogen-bond donors (Lipinski definition) is 1. The standard InChI is InChI=1S/C5H10NO2/c1-2-3-4(6)5(7)8/h4H,2-3,6H2,1H3. The van der Waals surface area contributed by atoms with Gasteiger partial charge in [-0.25, -0.2) is 9.90 Å². The van der Waals surface area contributed by atoms with Crippen LogP contribution >= 0.6 is 0 Å². The molecule has 0 rings (SSSR count). The Kier molecular flexibility index (Phi) is 3.19. The van der Waals surface area contributed by atoms with Gasteiger partial charge in [-0.15, -0.1) is 0 Å². The summed E-state index contributed by atoms with van der Waals surface area (Å²) in [7, 11) is 0. The Morgan fingerprint density at radius 1 is 1.75 bits per heavy atom. The van der Waals surface area contributed by atoms with E-state index in [0.717, 1.165) is 6.42 Å². The lowest BCUT2D eigenvalue weighted by atomic mass is 10.2. The third-order valence-corrected chi connectivity index (χ3v) is 0.902. The van der Waals surface area contributed by atoms with Gasteiger partial charge in [0.1, 0.15) is 6.04 Å². The second-order valence-corrected chi connectivity index (χ2v) is 1.71. The van der Waals surface area contributed by atoms with Crippen molar-refractivity contribution in [3.8, 4) is 0 Å². The van der Waals surface area contributed by atoms with Crippen LogP contribution in [0.25, 0.3) is 0 Å². The quantitative estimate of drug-likeness (QED) is 0.567. The van der Waals surface area contributed by atoms with Crippen LogP contribution in [-0.2, 0) is 9.90 Å². The highest BCUT2D eigenvalue weighted by atomic mass is 16.4. The van der Waals surface area contributed by atoms with E-state index in [4.69, 9.17) is 5.73 Å². The summed E-state index contributed by atoms with van der Waals surface area (Å²) in [5, 5.41) is 9.85. The molecule has 0 bridgehead atoms. The van der Waals surface area contributed by atoms with Gasteiger partial charge in [0.2, 0.25) is 0 Å². The lowest BCUT2D eigenvalue weighted by molar-refractivity contribution is -0.144. The fraction of sp³-hybridized carbons (Fsp3) is 0.800. The molecule has 0 aromatic heterocycles. The second-order valence-electron chi connectivity index (χ2n) is 1.71. The summed E-state index contributed by atoms with van der Waals surface area (Å²) in [6.45, 7) is 1.88. The predicted molar refractivity (Wildman–Crippen MR) is 28.6 cm³/mol. The minimum Gasteiger partial charge on any atom is -0.318 e. The van der Waals surface area contributed by atoms with Gasteiger partial charge in [-0.3, -0.25) is 0 Å². The molecule has 8 heavy (non-hydrogen) atoms. The Balaban J connectivity index is 3.32. The maximum absolute atomic E-state index is 9.85. The van der Waals surface area contributed by atoms with Crippen LogP contribution in [0.4, 0.5) is 0 Å². The molecule has 3 heteroatoms. The zero-order valence-corrected chi connectivity index (χ0v) is 4.89. The number of carbonyl (C=O) groups is 1. The van der Waals surface area contributed by atoms with Gasteiger partial charge in [0.25, 0.3) is 0 Å². The van der Waals surface area contributed by atoms with E-state index >= 15 is 0 Å². The zero-order valence-electron chi connectivity index (χ0n) is 4.89. The lowest BCUT2D eigenvalue weighted by Crippen LogP contribution is -2.28. The molecule has 0 saturated heterocycles. The number of hydrogen-bond acceptors (Lipinski definition) is 2. The molecule has 1 atom stereocenters. The molecule has 0 aliphatic carbocycles. The van der Waals surface area contributed by atoms with E-state index < -0.39 is 12.0 Å². The van der Waals surface area contributed by atoms with Crippen LogP contribution < -0.4 is 5.73 Å². The molecule has 0 spiro atoms. The van der Waals surface area contributed by atoms with Gasteiger partial charge in [-0.2, -0.15) is 0 Å². The Morgan fingerprint density at radius 3 is 2.38 bits per heavy atom. The number of carbonyl (C=O) groups excluding carboxylic acids is 1. The van der Waals surface area contributed by atoms with Crippen LogP contribution in [0.2, 0.25) is 0 Å². The van der Waals surface area contributed by atoms with Crippen LogP contribution in [0.15, 0.2) is 0 Å². The van der Waals surface area contributed by atoms with Gasteiger partial charge in [0.05, 0.1) is 0 Å². The van der Waals surface area contributed by atoms with Crippen LogP contribution in [0.1, 0.15) is 19.8 Å². The van der Waals surface area contributed by atoms with Crippen LogP contribution in [-0.4, -0.2) is 12.0 Å². The summed E-state index contributed by atoms with van der Waals surface area (Å²) in [5.41, 5.74) is 5.06. The highest BCUT2D eigenvalue weighted by molar-refractivity contribution is 5.72. The molecule has 0 amide bonds. The third-order valence-electron chi connectivity index (χ3n) is 0.902. The molecule has 0 saturated carbocycles. The summed E-state index contributed by atoms with van der Waals surface area (Å²) in [5.74, 6) is -1.16.